The van der Waals surface area contributed by atoms with Crippen LogP contribution in [0.4, 0.5) is 0 Å². The Bertz CT molecular complexity index is 666. The number of aromatic carboxylic acids is 1. The van der Waals surface area contributed by atoms with Crippen LogP contribution in [-0.2, 0) is 6.54 Å². The molecule has 4 heteroatoms. The summed E-state index contributed by atoms with van der Waals surface area (Å²) in [4.78, 5) is 11.3. The molecule has 21 heavy (non-hydrogen) atoms. The fourth-order valence-electron chi connectivity index (χ4n) is 2.95. The largest absolute Gasteiger partial charge is 0.478 e. The van der Waals surface area contributed by atoms with Crippen molar-refractivity contribution in [2.75, 3.05) is 6.54 Å². The summed E-state index contributed by atoms with van der Waals surface area (Å²) < 4.78 is 2.00. The summed E-state index contributed by atoms with van der Waals surface area (Å²) in [5, 5.41) is 13.6. The number of carbonyl (C=O) groups is 1. The molecule has 1 aromatic carbocycles. The van der Waals surface area contributed by atoms with E-state index in [4.69, 9.17) is 0 Å². The van der Waals surface area contributed by atoms with Crippen LogP contribution in [0.25, 0.3) is 10.9 Å². The Labute approximate surface area is 124 Å². The van der Waals surface area contributed by atoms with E-state index in [1.54, 1.807) is 6.20 Å². The topological polar surface area (TPSA) is 54.3 Å². The number of carboxylic acid groups (broad SMARTS) is 1. The number of allylic oxidation sites excluding steroid dienone is 1. The summed E-state index contributed by atoms with van der Waals surface area (Å²) >= 11 is 0. The number of rotatable bonds is 4. The summed E-state index contributed by atoms with van der Waals surface area (Å²) in [5.41, 5.74) is 1.34. The smallest absolute Gasteiger partial charge is 0.337 e. The maximum absolute atomic E-state index is 11.3. The van der Waals surface area contributed by atoms with Crippen molar-refractivity contribution in [1.29, 1.82) is 0 Å². The summed E-state index contributed by atoms with van der Waals surface area (Å²) in [6.45, 7) is 1.79. The molecule has 1 aliphatic rings. The van der Waals surface area contributed by atoms with Crippen LogP contribution < -0.4 is 5.32 Å². The molecule has 0 saturated carbocycles. The lowest BCUT2D eigenvalue weighted by molar-refractivity contribution is 0.0699. The van der Waals surface area contributed by atoms with Crippen molar-refractivity contribution in [3.8, 4) is 0 Å². The van der Waals surface area contributed by atoms with Crippen molar-refractivity contribution >= 4 is 16.9 Å². The number of nitrogens with zero attached hydrogens (tertiary/aromatic N) is 1. The number of aromatic nitrogens is 1. The van der Waals surface area contributed by atoms with E-state index in [1.165, 1.54) is 19.3 Å². The molecule has 1 atom stereocenters. The van der Waals surface area contributed by atoms with Crippen LogP contribution in [0.1, 0.15) is 29.6 Å². The van der Waals surface area contributed by atoms with Gasteiger partial charge in [-0.15, -0.1) is 0 Å². The van der Waals surface area contributed by atoms with Gasteiger partial charge in [0.05, 0.1) is 5.56 Å². The monoisotopic (exact) mass is 284 g/mol. The standard InChI is InChI=1S/C17H20N2O2/c20-17(21)15-12-19(16-9-2-1-8-14(15)16)11-5-7-13-6-3-4-10-18-13/h1-2,5,7-9,12-13,18H,3-4,6,10-11H2,(H,20,21)/b7-5+. The molecule has 2 aromatic rings. The second-order valence-corrected chi connectivity index (χ2v) is 5.50. The van der Waals surface area contributed by atoms with E-state index >= 15 is 0 Å². The van der Waals surface area contributed by atoms with Gasteiger partial charge in [0.2, 0.25) is 0 Å². The molecular formula is C17H20N2O2. The number of hydrogen-bond donors (Lipinski definition) is 2. The first-order chi connectivity index (χ1) is 10.3. The van der Waals surface area contributed by atoms with E-state index in [0.717, 1.165) is 17.4 Å². The number of hydrogen-bond acceptors (Lipinski definition) is 2. The van der Waals surface area contributed by atoms with Gasteiger partial charge in [-0.25, -0.2) is 4.79 Å². The molecule has 0 spiro atoms. The summed E-state index contributed by atoms with van der Waals surface area (Å²) in [7, 11) is 0. The molecular weight excluding hydrogens is 264 g/mol. The third-order valence-corrected chi connectivity index (χ3v) is 4.04. The maximum atomic E-state index is 11.3. The molecule has 4 nitrogen and oxygen atoms in total. The van der Waals surface area contributed by atoms with Gasteiger partial charge < -0.3 is 15.0 Å². The van der Waals surface area contributed by atoms with Crippen molar-refractivity contribution in [3.63, 3.8) is 0 Å². The predicted octanol–water partition coefficient (Wildman–Crippen LogP) is 3.04. The first-order valence-electron chi connectivity index (χ1n) is 7.47. The molecule has 0 amide bonds. The van der Waals surface area contributed by atoms with Gasteiger partial charge >= 0.3 is 5.97 Å². The molecule has 1 aromatic heterocycles. The lowest BCUT2D eigenvalue weighted by atomic mass is 10.0. The van der Waals surface area contributed by atoms with E-state index in [2.05, 4.69) is 17.5 Å². The zero-order valence-corrected chi connectivity index (χ0v) is 12.0. The maximum Gasteiger partial charge on any atom is 0.337 e. The van der Waals surface area contributed by atoms with Gasteiger partial charge in [0.25, 0.3) is 0 Å². The lowest BCUT2D eigenvalue weighted by Gasteiger charge is -2.20. The van der Waals surface area contributed by atoms with Crippen molar-refractivity contribution in [3.05, 3.63) is 48.2 Å². The molecule has 2 N–H and O–H groups in total. The first-order valence-corrected chi connectivity index (χ1v) is 7.47. The van der Waals surface area contributed by atoms with Crippen molar-refractivity contribution in [1.82, 2.24) is 9.88 Å². The third-order valence-electron chi connectivity index (χ3n) is 4.04. The minimum atomic E-state index is -0.872. The van der Waals surface area contributed by atoms with Crippen LogP contribution in [0.15, 0.2) is 42.6 Å². The first kappa shape index (κ1) is 13.9. The minimum Gasteiger partial charge on any atom is -0.478 e. The van der Waals surface area contributed by atoms with E-state index in [9.17, 15) is 9.90 Å². The molecule has 1 unspecified atom stereocenters. The predicted molar refractivity (Wildman–Crippen MR) is 83.7 cm³/mol. The van der Waals surface area contributed by atoms with Gasteiger partial charge in [0.15, 0.2) is 0 Å². The highest BCUT2D eigenvalue weighted by Crippen LogP contribution is 2.21. The second kappa shape index (κ2) is 6.14. The Morgan fingerprint density at radius 3 is 3.00 bits per heavy atom. The van der Waals surface area contributed by atoms with Crippen molar-refractivity contribution < 1.29 is 9.90 Å². The number of carboxylic acids is 1. The van der Waals surface area contributed by atoms with E-state index in [-0.39, 0.29) is 0 Å². The Balaban J connectivity index is 1.80. The summed E-state index contributed by atoms with van der Waals surface area (Å²) in [6.07, 6.45) is 9.77. The number of fused-ring (bicyclic) bond motifs is 1. The Morgan fingerprint density at radius 2 is 2.24 bits per heavy atom. The lowest BCUT2D eigenvalue weighted by Crippen LogP contribution is -2.32. The quantitative estimate of drug-likeness (QED) is 0.848. The average molecular weight is 284 g/mol. The van der Waals surface area contributed by atoms with Crippen LogP contribution >= 0.6 is 0 Å². The molecule has 2 heterocycles. The normalized spacial score (nSPS) is 19.3. The highest BCUT2D eigenvalue weighted by atomic mass is 16.4. The fourth-order valence-corrected chi connectivity index (χ4v) is 2.95. The number of nitrogens with one attached hydrogen (secondary N) is 1. The average Bonchev–Trinajstić information content (AvgIpc) is 2.88. The highest BCUT2D eigenvalue weighted by molar-refractivity contribution is 6.03. The van der Waals surface area contributed by atoms with Crippen molar-refractivity contribution in [2.24, 2.45) is 0 Å². The summed E-state index contributed by atoms with van der Waals surface area (Å²) in [5.74, 6) is -0.872. The van der Waals surface area contributed by atoms with Crippen LogP contribution in [0.2, 0.25) is 0 Å². The van der Waals surface area contributed by atoms with Crippen LogP contribution in [0.3, 0.4) is 0 Å². The molecule has 1 saturated heterocycles. The minimum absolute atomic E-state index is 0.370. The fraction of sp³-hybridized carbons (Fsp3) is 0.353. The van der Waals surface area contributed by atoms with Gasteiger partial charge in [0, 0.05) is 29.7 Å². The Kier molecular flexibility index (Phi) is 4.06. The van der Waals surface area contributed by atoms with E-state index in [1.807, 2.05) is 28.8 Å². The van der Waals surface area contributed by atoms with E-state index in [0.29, 0.717) is 18.2 Å². The Hall–Kier alpha value is -2.07. The molecule has 110 valence electrons. The third kappa shape index (κ3) is 3.00. The highest BCUT2D eigenvalue weighted by Gasteiger charge is 2.13. The molecule has 1 aliphatic heterocycles. The molecule has 3 rings (SSSR count). The zero-order chi connectivity index (χ0) is 14.7. The zero-order valence-electron chi connectivity index (χ0n) is 12.0. The summed E-state index contributed by atoms with van der Waals surface area (Å²) in [6, 6.07) is 8.10. The van der Waals surface area contributed by atoms with Gasteiger partial charge in [-0.05, 0) is 25.5 Å². The molecule has 0 radical (unpaired) electrons. The van der Waals surface area contributed by atoms with Gasteiger partial charge in [-0.3, -0.25) is 0 Å². The number of para-hydroxylation sites is 1. The molecule has 0 bridgehead atoms. The Morgan fingerprint density at radius 1 is 1.38 bits per heavy atom. The van der Waals surface area contributed by atoms with Gasteiger partial charge in [-0.2, -0.15) is 0 Å². The van der Waals surface area contributed by atoms with Crippen LogP contribution in [0, 0.1) is 0 Å². The van der Waals surface area contributed by atoms with Crippen LogP contribution in [0.5, 0.6) is 0 Å². The second-order valence-electron chi connectivity index (χ2n) is 5.50. The molecule has 0 aliphatic carbocycles. The number of benzene rings is 1. The van der Waals surface area contributed by atoms with E-state index < -0.39 is 5.97 Å². The van der Waals surface area contributed by atoms with Crippen molar-refractivity contribution in [2.45, 2.75) is 31.8 Å². The van der Waals surface area contributed by atoms with Gasteiger partial charge in [-0.1, -0.05) is 36.8 Å². The SMILES string of the molecule is O=C(O)c1cn(C/C=C/C2CCCCN2)c2ccccc12. The van der Waals surface area contributed by atoms with Gasteiger partial charge in [0.1, 0.15) is 0 Å². The number of piperidine rings is 1. The van der Waals surface area contributed by atoms with Crippen LogP contribution in [-0.4, -0.2) is 28.2 Å². The molecule has 1 fully saturated rings.